The Balaban J connectivity index is 2.03. The molecule has 21 heavy (non-hydrogen) atoms. The molecule has 0 fully saturated rings. The summed E-state index contributed by atoms with van der Waals surface area (Å²) in [5.41, 5.74) is 1.14. The molecule has 1 atom stereocenters. The summed E-state index contributed by atoms with van der Waals surface area (Å²) in [7, 11) is 0. The molecule has 0 N–H and O–H groups in total. The van der Waals surface area contributed by atoms with E-state index in [0.717, 1.165) is 16.1 Å². The van der Waals surface area contributed by atoms with Gasteiger partial charge in [-0.05, 0) is 23.8 Å². The number of ether oxygens (including phenoxy) is 2. The standard InChI is InChI=1S/C15H10Br2F2O2/c16-11-7-14-13(20-3-4-21-14)6-10(11)15(17)9-2-1-8(18)5-12(9)19/h1-2,5-7,15H,3-4H2. The van der Waals surface area contributed by atoms with Gasteiger partial charge in [-0.3, -0.25) is 0 Å². The van der Waals surface area contributed by atoms with E-state index >= 15 is 0 Å². The number of halogens is 4. The first-order valence-corrected chi connectivity index (χ1v) is 7.95. The van der Waals surface area contributed by atoms with E-state index in [1.54, 1.807) is 12.1 Å². The van der Waals surface area contributed by atoms with Crippen molar-refractivity contribution >= 4 is 31.9 Å². The van der Waals surface area contributed by atoms with Gasteiger partial charge in [-0.1, -0.05) is 37.9 Å². The molecular weight excluding hydrogens is 410 g/mol. The van der Waals surface area contributed by atoms with Crippen LogP contribution in [0.15, 0.2) is 34.8 Å². The third kappa shape index (κ3) is 2.92. The Kier molecular flexibility index (Phi) is 4.17. The van der Waals surface area contributed by atoms with Crippen LogP contribution in [0.3, 0.4) is 0 Å². The van der Waals surface area contributed by atoms with Gasteiger partial charge in [-0.15, -0.1) is 0 Å². The number of benzene rings is 2. The molecule has 1 unspecified atom stereocenters. The van der Waals surface area contributed by atoms with Crippen molar-refractivity contribution in [1.82, 2.24) is 0 Å². The minimum Gasteiger partial charge on any atom is -0.486 e. The topological polar surface area (TPSA) is 18.5 Å². The smallest absolute Gasteiger partial charge is 0.162 e. The number of alkyl halides is 1. The van der Waals surface area contributed by atoms with E-state index in [0.29, 0.717) is 30.3 Å². The monoisotopic (exact) mass is 418 g/mol. The fourth-order valence-electron chi connectivity index (χ4n) is 2.15. The molecule has 110 valence electrons. The second-order valence-electron chi connectivity index (χ2n) is 4.55. The SMILES string of the molecule is Fc1ccc(C(Br)c2cc3c(cc2Br)OCCO3)c(F)c1. The van der Waals surface area contributed by atoms with Crippen molar-refractivity contribution < 1.29 is 18.3 Å². The van der Waals surface area contributed by atoms with Crippen LogP contribution in [-0.2, 0) is 0 Å². The van der Waals surface area contributed by atoms with Crippen LogP contribution in [-0.4, -0.2) is 13.2 Å². The molecule has 0 aliphatic carbocycles. The van der Waals surface area contributed by atoms with Crippen LogP contribution >= 0.6 is 31.9 Å². The van der Waals surface area contributed by atoms with Gasteiger partial charge in [-0.25, -0.2) is 8.78 Å². The Morgan fingerprint density at radius 2 is 1.62 bits per heavy atom. The summed E-state index contributed by atoms with van der Waals surface area (Å²) in [5, 5.41) is 0. The summed E-state index contributed by atoms with van der Waals surface area (Å²) in [4.78, 5) is -0.427. The highest BCUT2D eigenvalue weighted by Crippen LogP contribution is 2.43. The highest BCUT2D eigenvalue weighted by molar-refractivity contribution is 9.11. The fraction of sp³-hybridized carbons (Fsp3) is 0.200. The Hall–Kier alpha value is -1.14. The molecule has 0 saturated heterocycles. The molecule has 0 saturated carbocycles. The molecule has 1 aliphatic rings. The summed E-state index contributed by atoms with van der Waals surface area (Å²) in [5.74, 6) is 0.0680. The van der Waals surface area contributed by atoms with Crippen molar-refractivity contribution in [2.24, 2.45) is 0 Å². The van der Waals surface area contributed by atoms with Crippen molar-refractivity contribution in [2.75, 3.05) is 13.2 Å². The Morgan fingerprint density at radius 1 is 0.952 bits per heavy atom. The lowest BCUT2D eigenvalue weighted by Crippen LogP contribution is -2.15. The van der Waals surface area contributed by atoms with Crippen LogP contribution < -0.4 is 9.47 Å². The van der Waals surface area contributed by atoms with Crippen LogP contribution in [0, 0.1) is 11.6 Å². The molecular formula is C15H10Br2F2O2. The number of hydrogen-bond acceptors (Lipinski definition) is 2. The molecule has 2 nitrogen and oxygen atoms in total. The van der Waals surface area contributed by atoms with Crippen molar-refractivity contribution in [3.05, 3.63) is 57.6 Å². The zero-order chi connectivity index (χ0) is 15.0. The maximum absolute atomic E-state index is 13.9. The molecule has 0 amide bonds. The van der Waals surface area contributed by atoms with E-state index in [1.165, 1.54) is 12.1 Å². The maximum atomic E-state index is 13.9. The number of hydrogen-bond donors (Lipinski definition) is 0. The van der Waals surface area contributed by atoms with E-state index < -0.39 is 16.5 Å². The van der Waals surface area contributed by atoms with Gasteiger partial charge in [0.1, 0.15) is 24.8 Å². The van der Waals surface area contributed by atoms with Gasteiger partial charge in [0.05, 0.1) is 4.83 Å². The van der Waals surface area contributed by atoms with Crippen LogP contribution in [0.2, 0.25) is 0 Å². The Labute approximate surface area is 137 Å². The molecule has 0 aromatic heterocycles. The normalized spacial score (nSPS) is 14.9. The highest BCUT2D eigenvalue weighted by Gasteiger charge is 2.22. The molecule has 1 heterocycles. The molecule has 0 spiro atoms. The lowest BCUT2D eigenvalue weighted by Gasteiger charge is -2.21. The lowest BCUT2D eigenvalue weighted by atomic mass is 10.0. The second kappa shape index (κ2) is 5.93. The summed E-state index contributed by atoms with van der Waals surface area (Å²) >= 11 is 6.91. The van der Waals surface area contributed by atoms with Gasteiger partial charge >= 0.3 is 0 Å². The Bertz CT molecular complexity index is 692. The predicted octanol–water partition coefficient (Wildman–Crippen LogP) is 4.98. The predicted molar refractivity (Wildman–Crippen MR) is 82.3 cm³/mol. The van der Waals surface area contributed by atoms with Crippen molar-refractivity contribution in [1.29, 1.82) is 0 Å². The third-order valence-corrected chi connectivity index (χ3v) is 4.84. The van der Waals surface area contributed by atoms with Crippen LogP contribution in [0.25, 0.3) is 0 Å². The zero-order valence-electron chi connectivity index (χ0n) is 10.7. The van der Waals surface area contributed by atoms with Crippen LogP contribution in [0.5, 0.6) is 11.5 Å². The lowest BCUT2D eigenvalue weighted by molar-refractivity contribution is 0.171. The summed E-state index contributed by atoms with van der Waals surface area (Å²) in [6.45, 7) is 0.981. The van der Waals surface area contributed by atoms with E-state index in [1.807, 2.05) is 0 Å². The van der Waals surface area contributed by atoms with Gasteiger partial charge < -0.3 is 9.47 Å². The van der Waals surface area contributed by atoms with Crippen molar-refractivity contribution in [3.63, 3.8) is 0 Å². The van der Waals surface area contributed by atoms with Gasteiger partial charge in [0.2, 0.25) is 0 Å². The summed E-state index contributed by atoms with van der Waals surface area (Å²) in [6, 6.07) is 7.11. The minimum atomic E-state index is -0.600. The first kappa shape index (κ1) is 14.8. The van der Waals surface area contributed by atoms with Gasteiger partial charge in [0, 0.05) is 16.1 Å². The molecule has 1 aliphatic heterocycles. The molecule has 6 heteroatoms. The van der Waals surface area contributed by atoms with E-state index in [-0.39, 0.29) is 0 Å². The average Bonchev–Trinajstić information content (AvgIpc) is 2.46. The fourth-order valence-corrected chi connectivity index (χ4v) is 3.76. The average molecular weight is 420 g/mol. The zero-order valence-corrected chi connectivity index (χ0v) is 13.9. The summed E-state index contributed by atoms with van der Waals surface area (Å²) < 4.78 is 38.7. The molecule has 0 bridgehead atoms. The largest absolute Gasteiger partial charge is 0.486 e. The first-order valence-electron chi connectivity index (χ1n) is 6.24. The van der Waals surface area contributed by atoms with E-state index in [2.05, 4.69) is 31.9 Å². The van der Waals surface area contributed by atoms with E-state index in [4.69, 9.17) is 9.47 Å². The second-order valence-corrected chi connectivity index (χ2v) is 6.32. The van der Waals surface area contributed by atoms with E-state index in [9.17, 15) is 8.78 Å². The van der Waals surface area contributed by atoms with Crippen molar-refractivity contribution in [3.8, 4) is 11.5 Å². The molecule has 3 rings (SSSR count). The van der Waals surface area contributed by atoms with Crippen LogP contribution in [0.4, 0.5) is 8.78 Å². The molecule has 0 radical (unpaired) electrons. The molecule has 2 aromatic carbocycles. The quantitative estimate of drug-likeness (QED) is 0.639. The first-order chi connectivity index (χ1) is 10.1. The van der Waals surface area contributed by atoms with Crippen LogP contribution in [0.1, 0.15) is 16.0 Å². The van der Waals surface area contributed by atoms with Gasteiger partial charge in [-0.2, -0.15) is 0 Å². The highest BCUT2D eigenvalue weighted by atomic mass is 79.9. The van der Waals surface area contributed by atoms with Gasteiger partial charge in [0.25, 0.3) is 0 Å². The number of fused-ring (bicyclic) bond motifs is 1. The maximum Gasteiger partial charge on any atom is 0.162 e. The molecule has 2 aromatic rings. The summed E-state index contributed by atoms with van der Waals surface area (Å²) in [6.07, 6.45) is 0. The third-order valence-electron chi connectivity index (χ3n) is 3.17. The Morgan fingerprint density at radius 3 is 2.29 bits per heavy atom. The number of rotatable bonds is 2. The minimum absolute atomic E-state index is 0.355. The van der Waals surface area contributed by atoms with Crippen molar-refractivity contribution in [2.45, 2.75) is 4.83 Å². The van der Waals surface area contributed by atoms with Gasteiger partial charge in [0.15, 0.2) is 11.5 Å².